The molecule has 2 aliphatic heterocycles. The highest BCUT2D eigenvalue weighted by Crippen LogP contribution is 2.30. The molecule has 28 heavy (non-hydrogen) atoms. The van der Waals surface area contributed by atoms with E-state index in [9.17, 15) is 9.59 Å². The number of rotatable bonds is 5. The Morgan fingerprint density at radius 3 is 2.57 bits per heavy atom. The molecule has 2 amide bonds. The Morgan fingerprint density at radius 1 is 1.04 bits per heavy atom. The van der Waals surface area contributed by atoms with Gasteiger partial charge in [-0.3, -0.25) is 19.4 Å². The van der Waals surface area contributed by atoms with Crippen LogP contribution < -0.4 is 15.4 Å². The molecule has 2 N–H and O–H groups in total. The fourth-order valence-electron chi connectivity index (χ4n) is 3.51. The summed E-state index contributed by atoms with van der Waals surface area (Å²) in [7, 11) is 0. The minimum atomic E-state index is -0.190. The van der Waals surface area contributed by atoms with E-state index < -0.39 is 0 Å². The van der Waals surface area contributed by atoms with Gasteiger partial charge in [-0.1, -0.05) is 30.3 Å². The topological polar surface area (TPSA) is 73.9 Å². The van der Waals surface area contributed by atoms with E-state index in [-0.39, 0.29) is 18.4 Å². The van der Waals surface area contributed by atoms with Crippen LogP contribution in [-0.4, -0.2) is 60.9 Å². The van der Waals surface area contributed by atoms with E-state index >= 15 is 0 Å². The van der Waals surface area contributed by atoms with Crippen molar-refractivity contribution in [1.82, 2.24) is 9.80 Å². The number of benzene rings is 2. The van der Waals surface area contributed by atoms with Crippen molar-refractivity contribution in [3.8, 4) is 5.75 Å². The third kappa shape index (κ3) is 4.68. The number of hydrogen-bond acceptors (Lipinski definition) is 5. The van der Waals surface area contributed by atoms with E-state index in [1.165, 1.54) is 5.56 Å². The number of piperazine rings is 1. The molecule has 0 aliphatic carbocycles. The molecule has 4 rings (SSSR count). The molecule has 2 aromatic rings. The first-order chi connectivity index (χ1) is 13.7. The van der Waals surface area contributed by atoms with Gasteiger partial charge in [0.1, 0.15) is 5.75 Å². The average molecular weight is 380 g/mol. The van der Waals surface area contributed by atoms with Crippen molar-refractivity contribution in [1.29, 1.82) is 0 Å². The maximum Gasteiger partial charge on any atom is 0.262 e. The van der Waals surface area contributed by atoms with E-state index in [2.05, 4.69) is 44.7 Å². The van der Waals surface area contributed by atoms with Crippen molar-refractivity contribution in [2.75, 3.05) is 50.0 Å². The van der Waals surface area contributed by atoms with Crippen LogP contribution in [0.3, 0.4) is 0 Å². The Kier molecular flexibility index (Phi) is 5.55. The van der Waals surface area contributed by atoms with Gasteiger partial charge in [0.15, 0.2) is 6.61 Å². The standard InChI is InChI=1S/C21H24N4O3/c26-20(22-17-6-7-19-18(12-17)23-21(27)15-28-19)14-25-10-8-24(9-11-25)13-16-4-2-1-3-5-16/h1-7,12H,8-11,13-15H2,(H,22,26)(H,23,27). The van der Waals surface area contributed by atoms with Crippen LogP contribution in [0.15, 0.2) is 48.5 Å². The number of anilines is 2. The lowest BCUT2D eigenvalue weighted by Crippen LogP contribution is -2.48. The largest absolute Gasteiger partial charge is 0.482 e. The quantitative estimate of drug-likeness (QED) is 0.827. The molecule has 0 spiro atoms. The van der Waals surface area contributed by atoms with Gasteiger partial charge >= 0.3 is 0 Å². The summed E-state index contributed by atoms with van der Waals surface area (Å²) < 4.78 is 5.33. The first kappa shape index (κ1) is 18.5. The predicted octanol–water partition coefficient (Wildman–Crippen LogP) is 1.77. The van der Waals surface area contributed by atoms with Gasteiger partial charge in [0.25, 0.3) is 5.91 Å². The fourth-order valence-corrected chi connectivity index (χ4v) is 3.51. The Labute approximate surface area is 164 Å². The molecule has 7 heteroatoms. The van der Waals surface area contributed by atoms with E-state index in [4.69, 9.17) is 4.74 Å². The molecule has 2 aliphatic rings. The lowest BCUT2D eigenvalue weighted by molar-refractivity contribution is -0.119. The number of nitrogens with zero attached hydrogens (tertiary/aromatic N) is 2. The zero-order chi connectivity index (χ0) is 19.3. The second kappa shape index (κ2) is 8.41. The maximum atomic E-state index is 12.4. The molecule has 1 saturated heterocycles. The summed E-state index contributed by atoms with van der Waals surface area (Å²) >= 11 is 0. The zero-order valence-corrected chi connectivity index (χ0v) is 15.7. The molecule has 1 fully saturated rings. The van der Waals surface area contributed by atoms with Gasteiger partial charge in [0, 0.05) is 38.4 Å². The van der Waals surface area contributed by atoms with Gasteiger partial charge in [0.2, 0.25) is 5.91 Å². The van der Waals surface area contributed by atoms with Crippen LogP contribution in [0.4, 0.5) is 11.4 Å². The van der Waals surface area contributed by atoms with Crippen LogP contribution in [0, 0.1) is 0 Å². The predicted molar refractivity (Wildman–Crippen MR) is 107 cm³/mol. The SMILES string of the molecule is O=C(CN1CCN(Cc2ccccc2)CC1)Nc1ccc2c(c1)NC(=O)CO2. The average Bonchev–Trinajstić information content (AvgIpc) is 2.70. The summed E-state index contributed by atoms with van der Waals surface area (Å²) in [5, 5.41) is 5.65. The minimum Gasteiger partial charge on any atom is -0.482 e. The number of fused-ring (bicyclic) bond motifs is 1. The molecule has 0 radical (unpaired) electrons. The summed E-state index contributed by atoms with van der Waals surface area (Å²) in [4.78, 5) is 28.4. The molecular formula is C21H24N4O3. The number of hydrogen-bond donors (Lipinski definition) is 2. The Bertz CT molecular complexity index is 848. The third-order valence-electron chi connectivity index (χ3n) is 4.98. The van der Waals surface area contributed by atoms with Gasteiger partial charge in [0.05, 0.1) is 12.2 Å². The van der Waals surface area contributed by atoms with E-state index in [0.29, 0.717) is 23.7 Å². The van der Waals surface area contributed by atoms with Crippen LogP contribution in [0.2, 0.25) is 0 Å². The van der Waals surface area contributed by atoms with Crippen LogP contribution in [0.5, 0.6) is 5.75 Å². The molecular weight excluding hydrogens is 356 g/mol. The smallest absolute Gasteiger partial charge is 0.262 e. The summed E-state index contributed by atoms with van der Waals surface area (Å²) in [5.74, 6) is 0.371. The summed E-state index contributed by atoms with van der Waals surface area (Å²) in [6.07, 6.45) is 0. The van der Waals surface area contributed by atoms with Gasteiger partial charge in [-0.05, 0) is 23.8 Å². The van der Waals surface area contributed by atoms with Gasteiger partial charge < -0.3 is 15.4 Å². The number of amides is 2. The van der Waals surface area contributed by atoms with Crippen molar-refractivity contribution in [3.05, 3.63) is 54.1 Å². The Balaban J connectivity index is 1.25. The highest BCUT2D eigenvalue weighted by molar-refractivity contribution is 5.98. The maximum absolute atomic E-state index is 12.4. The number of nitrogens with one attached hydrogen (secondary N) is 2. The molecule has 2 heterocycles. The summed E-state index contributed by atoms with van der Waals surface area (Å²) in [5.41, 5.74) is 2.55. The first-order valence-electron chi connectivity index (χ1n) is 9.51. The number of ether oxygens (including phenoxy) is 1. The van der Waals surface area contributed by atoms with E-state index in [0.717, 1.165) is 32.7 Å². The highest BCUT2D eigenvalue weighted by Gasteiger charge is 2.20. The minimum absolute atomic E-state index is 0.0228. The molecule has 146 valence electrons. The third-order valence-corrected chi connectivity index (χ3v) is 4.98. The normalized spacial score (nSPS) is 17.4. The second-order valence-electron chi connectivity index (χ2n) is 7.13. The van der Waals surface area contributed by atoms with E-state index in [1.54, 1.807) is 18.2 Å². The van der Waals surface area contributed by atoms with Crippen molar-refractivity contribution in [2.45, 2.75) is 6.54 Å². The number of carbonyl (C=O) groups excluding carboxylic acids is 2. The molecule has 7 nitrogen and oxygen atoms in total. The first-order valence-corrected chi connectivity index (χ1v) is 9.51. The van der Waals surface area contributed by atoms with Gasteiger partial charge in [-0.15, -0.1) is 0 Å². The Morgan fingerprint density at radius 2 is 1.79 bits per heavy atom. The van der Waals surface area contributed by atoms with Gasteiger partial charge in [-0.25, -0.2) is 0 Å². The summed E-state index contributed by atoms with van der Waals surface area (Å²) in [6.45, 7) is 4.97. The van der Waals surface area contributed by atoms with Crippen molar-refractivity contribution >= 4 is 23.2 Å². The van der Waals surface area contributed by atoms with Crippen molar-refractivity contribution in [2.24, 2.45) is 0 Å². The molecule has 0 unspecified atom stereocenters. The van der Waals surface area contributed by atoms with Crippen LogP contribution >= 0.6 is 0 Å². The van der Waals surface area contributed by atoms with Crippen LogP contribution in [-0.2, 0) is 16.1 Å². The fraction of sp³-hybridized carbons (Fsp3) is 0.333. The van der Waals surface area contributed by atoms with Gasteiger partial charge in [-0.2, -0.15) is 0 Å². The molecule has 0 aromatic heterocycles. The summed E-state index contributed by atoms with van der Waals surface area (Å²) in [6, 6.07) is 15.7. The Hall–Kier alpha value is -2.90. The second-order valence-corrected chi connectivity index (χ2v) is 7.13. The molecule has 0 atom stereocenters. The molecule has 0 saturated carbocycles. The van der Waals surface area contributed by atoms with Crippen molar-refractivity contribution < 1.29 is 14.3 Å². The van der Waals surface area contributed by atoms with Crippen LogP contribution in [0.1, 0.15) is 5.56 Å². The van der Waals surface area contributed by atoms with Crippen LogP contribution in [0.25, 0.3) is 0 Å². The monoisotopic (exact) mass is 380 g/mol. The zero-order valence-electron chi connectivity index (χ0n) is 15.7. The molecule has 2 aromatic carbocycles. The van der Waals surface area contributed by atoms with Crippen molar-refractivity contribution in [3.63, 3.8) is 0 Å². The lowest BCUT2D eigenvalue weighted by atomic mass is 10.2. The molecule has 0 bridgehead atoms. The van der Waals surface area contributed by atoms with E-state index in [1.807, 2.05) is 6.07 Å². The number of carbonyl (C=O) groups is 2. The lowest BCUT2D eigenvalue weighted by Gasteiger charge is -2.34. The highest BCUT2D eigenvalue weighted by atomic mass is 16.5.